The van der Waals surface area contributed by atoms with E-state index in [9.17, 15) is 9.90 Å². The first kappa shape index (κ1) is 15.8. The number of carbonyl (C=O) groups excluding carboxylic acids is 1. The second-order valence-electron chi connectivity index (χ2n) is 5.98. The number of aryl methyl sites for hydroxylation is 2. The van der Waals surface area contributed by atoms with Gasteiger partial charge in [-0.3, -0.25) is 4.79 Å². The van der Waals surface area contributed by atoms with E-state index in [0.29, 0.717) is 0 Å². The minimum absolute atomic E-state index is 0.0175. The van der Waals surface area contributed by atoms with Gasteiger partial charge < -0.3 is 14.7 Å². The zero-order valence-electron chi connectivity index (χ0n) is 13.1. The molecule has 0 radical (unpaired) electrons. The molecule has 0 bridgehead atoms. The average molecular weight is 291 g/mol. The van der Waals surface area contributed by atoms with E-state index in [1.165, 1.54) is 5.56 Å². The van der Waals surface area contributed by atoms with Crippen molar-refractivity contribution in [1.82, 2.24) is 4.90 Å². The Morgan fingerprint density at radius 2 is 2.05 bits per heavy atom. The molecule has 0 saturated heterocycles. The van der Waals surface area contributed by atoms with Crippen molar-refractivity contribution in [3.8, 4) is 5.75 Å². The smallest absolute Gasteiger partial charge is 0.260 e. The SMILES string of the molecule is Cc1ccc(OCC(=O)N(C)C2CCCCC2O)c(C)c1. The standard InChI is InChI=1S/C17H25NO3/c1-12-8-9-16(13(2)10-12)21-11-17(20)18(3)14-6-4-5-7-15(14)19/h8-10,14-15,19H,4-7,11H2,1-3H3. The predicted octanol–water partition coefficient (Wildman–Crippen LogP) is 2.44. The lowest BCUT2D eigenvalue weighted by Gasteiger charge is -2.35. The van der Waals surface area contributed by atoms with E-state index in [0.717, 1.165) is 37.0 Å². The Balaban J connectivity index is 1.91. The summed E-state index contributed by atoms with van der Waals surface area (Å²) in [4.78, 5) is 13.9. The highest BCUT2D eigenvalue weighted by atomic mass is 16.5. The van der Waals surface area contributed by atoms with E-state index in [-0.39, 0.29) is 18.6 Å². The molecule has 1 fully saturated rings. The molecule has 0 heterocycles. The van der Waals surface area contributed by atoms with E-state index in [1.54, 1.807) is 11.9 Å². The summed E-state index contributed by atoms with van der Waals surface area (Å²) in [5, 5.41) is 10.0. The summed E-state index contributed by atoms with van der Waals surface area (Å²) in [6, 6.07) is 5.83. The van der Waals surface area contributed by atoms with Gasteiger partial charge in [0.1, 0.15) is 5.75 Å². The average Bonchev–Trinajstić information content (AvgIpc) is 2.46. The highest BCUT2D eigenvalue weighted by Gasteiger charge is 2.29. The second-order valence-corrected chi connectivity index (χ2v) is 5.98. The topological polar surface area (TPSA) is 49.8 Å². The molecule has 4 nitrogen and oxygen atoms in total. The van der Waals surface area contributed by atoms with Gasteiger partial charge in [0.2, 0.25) is 0 Å². The second kappa shape index (κ2) is 6.94. The summed E-state index contributed by atoms with van der Waals surface area (Å²) in [5.74, 6) is 0.660. The van der Waals surface area contributed by atoms with Gasteiger partial charge in [0.05, 0.1) is 12.1 Å². The van der Waals surface area contributed by atoms with Crippen molar-refractivity contribution in [3.05, 3.63) is 29.3 Å². The third kappa shape index (κ3) is 3.97. The van der Waals surface area contributed by atoms with E-state index in [4.69, 9.17) is 4.74 Å². The molecule has 21 heavy (non-hydrogen) atoms. The molecule has 0 spiro atoms. The molecular formula is C17H25NO3. The quantitative estimate of drug-likeness (QED) is 0.927. The zero-order valence-corrected chi connectivity index (χ0v) is 13.1. The summed E-state index contributed by atoms with van der Waals surface area (Å²) in [6.45, 7) is 4.02. The van der Waals surface area contributed by atoms with Crippen molar-refractivity contribution in [2.24, 2.45) is 0 Å². The molecule has 1 N–H and O–H groups in total. The van der Waals surface area contributed by atoms with Gasteiger partial charge in [-0.15, -0.1) is 0 Å². The Morgan fingerprint density at radius 3 is 2.71 bits per heavy atom. The normalized spacial score (nSPS) is 21.9. The van der Waals surface area contributed by atoms with Crippen molar-refractivity contribution in [2.45, 2.75) is 51.7 Å². The Kier molecular flexibility index (Phi) is 5.23. The van der Waals surface area contributed by atoms with Crippen LogP contribution in [0, 0.1) is 13.8 Å². The van der Waals surface area contributed by atoms with Crippen molar-refractivity contribution in [3.63, 3.8) is 0 Å². The molecule has 116 valence electrons. The molecule has 1 amide bonds. The Bertz CT molecular complexity index is 501. The fraction of sp³-hybridized carbons (Fsp3) is 0.588. The summed E-state index contributed by atoms with van der Waals surface area (Å²) in [7, 11) is 1.76. The number of carbonyl (C=O) groups is 1. The number of amides is 1. The number of hydrogen-bond donors (Lipinski definition) is 1. The van der Waals surface area contributed by atoms with Crippen LogP contribution in [0.3, 0.4) is 0 Å². The van der Waals surface area contributed by atoms with Crippen molar-refractivity contribution < 1.29 is 14.6 Å². The van der Waals surface area contributed by atoms with Gasteiger partial charge in [0.25, 0.3) is 5.91 Å². The lowest BCUT2D eigenvalue weighted by molar-refractivity contribution is -0.137. The fourth-order valence-electron chi connectivity index (χ4n) is 2.93. The molecule has 1 aromatic carbocycles. The number of benzene rings is 1. The van der Waals surface area contributed by atoms with Crippen LogP contribution in [0.2, 0.25) is 0 Å². The molecule has 0 aromatic heterocycles. The molecule has 2 unspecified atom stereocenters. The molecule has 1 saturated carbocycles. The summed E-state index contributed by atoms with van der Waals surface area (Å²) in [5.41, 5.74) is 2.21. The third-order valence-corrected chi connectivity index (χ3v) is 4.27. The third-order valence-electron chi connectivity index (χ3n) is 4.27. The van der Waals surface area contributed by atoms with Gasteiger partial charge >= 0.3 is 0 Å². The lowest BCUT2D eigenvalue weighted by atomic mass is 9.91. The summed E-state index contributed by atoms with van der Waals surface area (Å²) < 4.78 is 5.63. The first-order valence-electron chi connectivity index (χ1n) is 7.63. The van der Waals surface area contributed by atoms with Crippen molar-refractivity contribution in [2.75, 3.05) is 13.7 Å². The predicted molar refractivity (Wildman–Crippen MR) is 82.4 cm³/mol. The summed E-state index contributed by atoms with van der Waals surface area (Å²) in [6.07, 6.45) is 3.34. The number of nitrogens with zero attached hydrogens (tertiary/aromatic N) is 1. The van der Waals surface area contributed by atoms with E-state index in [1.807, 2.05) is 32.0 Å². The van der Waals surface area contributed by atoms with Crippen LogP contribution < -0.4 is 4.74 Å². The monoisotopic (exact) mass is 291 g/mol. The minimum Gasteiger partial charge on any atom is -0.484 e. The molecule has 0 aliphatic heterocycles. The maximum atomic E-state index is 12.2. The fourth-order valence-corrected chi connectivity index (χ4v) is 2.93. The number of hydrogen-bond acceptors (Lipinski definition) is 3. The number of rotatable bonds is 4. The highest BCUT2D eigenvalue weighted by Crippen LogP contribution is 2.23. The molecule has 1 aliphatic rings. The van der Waals surface area contributed by atoms with Crippen LogP contribution in [0.25, 0.3) is 0 Å². The number of aliphatic hydroxyl groups is 1. The number of ether oxygens (including phenoxy) is 1. The van der Waals surface area contributed by atoms with Crippen LogP contribution in [0.4, 0.5) is 0 Å². The molecule has 1 aromatic rings. The molecule has 1 aliphatic carbocycles. The number of likely N-dealkylation sites (N-methyl/N-ethyl adjacent to an activating group) is 1. The van der Waals surface area contributed by atoms with Crippen LogP contribution in [0.1, 0.15) is 36.8 Å². The van der Waals surface area contributed by atoms with Gasteiger partial charge in [-0.1, -0.05) is 30.5 Å². The van der Waals surface area contributed by atoms with Crippen LogP contribution in [-0.2, 0) is 4.79 Å². The van der Waals surface area contributed by atoms with E-state index < -0.39 is 6.10 Å². The first-order chi connectivity index (χ1) is 9.99. The van der Waals surface area contributed by atoms with Gasteiger partial charge in [-0.05, 0) is 38.3 Å². The number of aliphatic hydroxyl groups excluding tert-OH is 1. The zero-order chi connectivity index (χ0) is 15.4. The van der Waals surface area contributed by atoms with Crippen LogP contribution in [-0.4, -0.2) is 41.7 Å². The van der Waals surface area contributed by atoms with Crippen LogP contribution in [0.15, 0.2) is 18.2 Å². The maximum absolute atomic E-state index is 12.2. The Labute approximate surface area is 126 Å². The Morgan fingerprint density at radius 1 is 1.33 bits per heavy atom. The highest BCUT2D eigenvalue weighted by molar-refractivity contribution is 5.78. The molecule has 2 atom stereocenters. The van der Waals surface area contributed by atoms with E-state index in [2.05, 4.69) is 0 Å². The molecule has 2 rings (SSSR count). The molecular weight excluding hydrogens is 266 g/mol. The van der Waals surface area contributed by atoms with Crippen molar-refractivity contribution in [1.29, 1.82) is 0 Å². The minimum atomic E-state index is -0.409. The van der Waals surface area contributed by atoms with Gasteiger partial charge in [0, 0.05) is 7.05 Å². The van der Waals surface area contributed by atoms with Gasteiger partial charge in [-0.2, -0.15) is 0 Å². The van der Waals surface area contributed by atoms with Crippen LogP contribution >= 0.6 is 0 Å². The maximum Gasteiger partial charge on any atom is 0.260 e. The van der Waals surface area contributed by atoms with Gasteiger partial charge in [0.15, 0.2) is 6.61 Å². The molecule has 4 heteroatoms. The van der Waals surface area contributed by atoms with Crippen LogP contribution in [0.5, 0.6) is 5.75 Å². The van der Waals surface area contributed by atoms with Gasteiger partial charge in [-0.25, -0.2) is 0 Å². The first-order valence-corrected chi connectivity index (χ1v) is 7.63. The largest absolute Gasteiger partial charge is 0.484 e. The lowest BCUT2D eigenvalue weighted by Crippen LogP contribution is -2.47. The van der Waals surface area contributed by atoms with Crippen molar-refractivity contribution >= 4 is 5.91 Å². The Hall–Kier alpha value is -1.55. The van der Waals surface area contributed by atoms with E-state index >= 15 is 0 Å². The summed E-state index contributed by atoms with van der Waals surface area (Å²) >= 11 is 0.